The summed E-state index contributed by atoms with van der Waals surface area (Å²) in [6.45, 7) is 4.20. The molecule has 0 saturated heterocycles. The molecule has 8 heteroatoms. The highest BCUT2D eigenvalue weighted by atomic mass is 35.5. The Morgan fingerprint density at radius 3 is 2.47 bits per heavy atom. The van der Waals surface area contributed by atoms with Crippen LogP contribution in [0.25, 0.3) is 10.8 Å². The molecule has 2 aromatic carbocycles. The summed E-state index contributed by atoms with van der Waals surface area (Å²) in [5.74, 6) is 0.231. The van der Waals surface area contributed by atoms with Gasteiger partial charge in [-0.25, -0.2) is 4.68 Å². The fourth-order valence-electron chi connectivity index (χ4n) is 2.99. The highest BCUT2D eigenvalue weighted by molar-refractivity contribution is 6.30. The number of carbonyl (C=O) groups is 1. The summed E-state index contributed by atoms with van der Waals surface area (Å²) in [5, 5.41) is 9.14. The van der Waals surface area contributed by atoms with E-state index in [0.717, 1.165) is 0 Å². The van der Waals surface area contributed by atoms with Crippen molar-refractivity contribution in [2.24, 2.45) is 0 Å². The average Bonchev–Trinajstić information content (AvgIpc) is 2.74. The predicted octanol–water partition coefficient (Wildman–Crippen LogP) is 3.17. The number of carbonyl (C=O) groups excluding carboxylic acids is 1. The maximum Gasteiger partial charge on any atom is 0.274 e. The average molecular weight is 430 g/mol. The molecule has 1 amide bonds. The van der Waals surface area contributed by atoms with Crippen LogP contribution in [0.4, 0.5) is 0 Å². The Labute approximate surface area is 179 Å². The second kappa shape index (κ2) is 9.28. The summed E-state index contributed by atoms with van der Waals surface area (Å²) in [5.41, 5.74) is -0.713. The molecule has 1 aromatic heterocycles. The molecular formula is C22H24ClN3O4. The minimum absolute atomic E-state index is 0.153. The van der Waals surface area contributed by atoms with Gasteiger partial charge in [-0.1, -0.05) is 29.8 Å². The van der Waals surface area contributed by atoms with Crippen LogP contribution in [0.2, 0.25) is 5.02 Å². The zero-order valence-corrected chi connectivity index (χ0v) is 17.9. The lowest BCUT2D eigenvalue weighted by Gasteiger charge is -2.25. The quantitative estimate of drug-likeness (QED) is 0.594. The van der Waals surface area contributed by atoms with Gasteiger partial charge in [0.05, 0.1) is 30.8 Å². The Balaban J connectivity index is 1.80. The van der Waals surface area contributed by atoms with E-state index in [1.807, 2.05) is 12.1 Å². The molecule has 0 aliphatic heterocycles. The van der Waals surface area contributed by atoms with E-state index in [1.165, 1.54) is 4.68 Å². The molecule has 3 rings (SSSR count). The molecule has 0 radical (unpaired) electrons. The molecule has 1 heterocycles. The summed E-state index contributed by atoms with van der Waals surface area (Å²) in [7, 11) is 1.57. The lowest BCUT2D eigenvalue weighted by atomic mass is 10.1. The van der Waals surface area contributed by atoms with Crippen molar-refractivity contribution in [1.82, 2.24) is 15.1 Å². The van der Waals surface area contributed by atoms with Gasteiger partial charge in [0.2, 0.25) is 0 Å². The van der Waals surface area contributed by atoms with Gasteiger partial charge in [0.15, 0.2) is 5.60 Å². The van der Waals surface area contributed by atoms with Crippen molar-refractivity contribution < 1.29 is 14.3 Å². The molecule has 0 aliphatic rings. The van der Waals surface area contributed by atoms with Gasteiger partial charge >= 0.3 is 0 Å². The van der Waals surface area contributed by atoms with Gasteiger partial charge in [-0.05, 0) is 44.2 Å². The topological polar surface area (TPSA) is 82.4 Å². The maximum atomic E-state index is 12.8. The van der Waals surface area contributed by atoms with Crippen LogP contribution < -0.4 is 15.6 Å². The van der Waals surface area contributed by atoms with Crippen LogP contribution in [0.5, 0.6) is 5.75 Å². The second-order valence-corrected chi connectivity index (χ2v) is 7.70. The van der Waals surface area contributed by atoms with Crippen molar-refractivity contribution in [2.45, 2.75) is 32.5 Å². The highest BCUT2D eigenvalue weighted by Gasteiger charge is 2.30. The molecule has 0 saturated carbocycles. The van der Waals surface area contributed by atoms with Gasteiger partial charge in [-0.3, -0.25) is 9.59 Å². The Morgan fingerprint density at radius 2 is 1.80 bits per heavy atom. The van der Waals surface area contributed by atoms with Gasteiger partial charge in [-0.15, -0.1) is 0 Å². The summed E-state index contributed by atoms with van der Waals surface area (Å²) in [6.07, 6.45) is 0. The highest BCUT2D eigenvalue weighted by Crippen LogP contribution is 2.21. The Bertz CT molecular complexity index is 1090. The third kappa shape index (κ3) is 4.98. The molecule has 0 atom stereocenters. The maximum absolute atomic E-state index is 12.8. The third-order valence-corrected chi connectivity index (χ3v) is 4.85. The number of nitrogens with one attached hydrogen (secondary N) is 1. The molecule has 0 unspecified atom stereocenters. The number of fused-ring (bicyclic) bond motifs is 1. The first kappa shape index (κ1) is 21.8. The zero-order chi connectivity index (χ0) is 21.7. The van der Waals surface area contributed by atoms with E-state index in [4.69, 9.17) is 21.1 Å². The largest absolute Gasteiger partial charge is 0.478 e. The van der Waals surface area contributed by atoms with E-state index in [0.29, 0.717) is 40.4 Å². The van der Waals surface area contributed by atoms with Crippen LogP contribution in [-0.4, -0.2) is 35.0 Å². The fraction of sp³-hybridized carbons (Fsp3) is 0.318. The number of methoxy groups -OCH3 is 1. The zero-order valence-electron chi connectivity index (χ0n) is 17.1. The predicted molar refractivity (Wildman–Crippen MR) is 116 cm³/mol. The van der Waals surface area contributed by atoms with E-state index in [1.54, 1.807) is 57.4 Å². The number of rotatable bonds is 8. The van der Waals surface area contributed by atoms with E-state index >= 15 is 0 Å². The van der Waals surface area contributed by atoms with Gasteiger partial charge in [0.25, 0.3) is 11.5 Å². The van der Waals surface area contributed by atoms with Gasteiger partial charge in [0, 0.05) is 17.5 Å². The fourth-order valence-corrected chi connectivity index (χ4v) is 3.11. The van der Waals surface area contributed by atoms with Crippen molar-refractivity contribution in [3.05, 3.63) is 69.6 Å². The Morgan fingerprint density at radius 1 is 1.13 bits per heavy atom. The molecule has 3 aromatic rings. The van der Waals surface area contributed by atoms with E-state index in [-0.39, 0.29) is 18.0 Å². The number of benzene rings is 2. The van der Waals surface area contributed by atoms with Crippen molar-refractivity contribution in [3.8, 4) is 5.75 Å². The number of hydrogen-bond acceptors (Lipinski definition) is 5. The first-order valence-corrected chi connectivity index (χ1v) is 9.90. The monoisotopic (exact) mass is 429 g/mol. The standard InChI is InChI=1S/C22H24ClN3O4/c1-22(2,30-16-10-8-15(23)9-11-16)21(28)24-14-19-17-6-4-5-7-18(17)20(27)26(25-19)12-13-29-3/h4-11H,12-14H2,1-3H3,(H,24,28). The molecule has 7 nitrogen and oxygen atoms in total. The van der Waals surface area contributed by atoms with Crippen molar-refractivity contribution in [1.29, 1.82) is 0 Å². The van der Waals surface area contributed by atoms with Crippen LogP contribution in [0.3, 0.4) is 0 Å². The summed E-state index contributed by atoms with van der Waals surface area (Å²) >= 11 is 5.89. The number of aromatic nitrogens is 2. The first-order valence-electron chi connectivity index (χ1n) is 9.52. The van der Waals surface area contributed by atoms with Crippen LogP contribution in [0, 0.1) is 0 Å². The van der Waals surface area contributed by atoms with Crippen molar-refractivity contribution in [3.63, 3.8) is 0 Å². The number of halogens is 1. The molecule has 0 aliphatic carbocycles. The Kier molecular flexibility index (Phi) is 6.74. The molecule has 158 valence electrons. The minimum Gasteiger partial charge on any atom is -0.478 e. The minimum atomic E-state index is -1.12. The Hall–Kier alpha value is -2.90. The molecule has 1 N–H and O–H groups in total. The molecule has 0 spiro atoms. The van der Waals surface area contributed by atoms with Gasteiger partial charge in [-0.2, -0.15) is 5.10 Å². The van der Waals surface area contributed by atoms with E-state index < -0.39 is 5.60 Å². The summed E-state index contributed by atoms with van der Waals surface area (Å²) in [4.78, 5) is 25.4. The molecule has 0 bridgehead atoms. The molecule has 0 fully saturated rings. The number of amides is 1. The number of hydrogen-bond donors (Lipinski definition) is 1. The smallest absolute Gasteiger partial charge is 0.274 e. The lowest BCUT2D eigenvalue weighted by molar-refractivity contribution is -0.134. The summed E-state index contributed by atoms with van der Waals surface area (Å²) in [6, 6.07) is 14.0. The van der Waals surface area contributed by atoms with Crippen LogP contribution in [0.1, 0.15) is 19.5 Å². The van der Waals surface area contributed by atoms with E-state index in [9.17, 15) is 9.59 Å². The lowest BCUT2D eigenvalue weighted by Crippen LogP contribution is -2.46. The van der Waals surface area contributed by atoms with Crippen LogP contribution in [0.15, 0.2) is 53.3 Å². The summed E-state index contributed by atoms with van der Waals surface area (Å²) < 4.78 is 12.3. The SMILES string of the molecule is COCCn1nc(CNC(=O)C(C)(C)Oc2ccc(Cl)cc2)c2ccccc2c1=O. The van der Waals surface area contributed by atoms with Crippen LogP contribution >= 0.6 is 11.6 Å². The number of ether oxygens (including phenoxy) is 2. The van der Waals surface area contributed by atoms with E-state index in [2.05, 4.69) is 10.4 Å². The van der Waals surface area contributed by atoms with Crippen LogP contribution in [-0.2, 0) is 22.6 Å². The van der Waals surface area contributed by atoms with Gasteiger partial charge < -0.3 is 14.8 Å². The van der Waals surface area contributed by atoms with Crippen molar-refractivity contribution >= 4 is 28.3 Å². The normalized spacial score (nSPS) is 11.5. The first-order chi connectivity index (χ1) is 14.3. The van der Waals surface area contributed by atoms with Crippen molar-refractivity contribution in [2.75, 3.05) is 13.7 Å². The second-order valence-electron chi connectivity index (χ2n) is 7.26. The molecular weight excluding hydrogens is 406 g/mol. The molecule has 30 heavy (non-hydrogen) atoms. The third-order valence-electron chi connectivity index (χ3n) is 4.60. The number of nitrogens with zero attached hydrogens (tertiary/aromatic N) is 2. The van der Waals surface area contributed by atoms with Gasteiger partial charge in [0.1, 0.15) is 5.75 Å².